The average molecular weight is 829 g/mol. The molecule has 2 fully saturated rings. The van der Waals surface area contributed by atoms with E-state index in [0.717, 1.165) is 52.1 Å². The minimum absolute atomic E-state index is 0.0233. The van der Waals surface area contributed by atoms with Crippen molar-refractivity contribution in [2.24, 2.45) is 16.8 Å². The average Bonchev–Trinajstić information content (AvgIpc) is 4.10. The Hall–Kier alpha value is -6.66. The van der Waals surface area contributed by atoms with Crippen molar-refractivity contribution in [1.29, 1.82) is 0 Å². The first-order valence-corrected chi connectivity index (χ1v) is 20.6. The summed E-state index contributed by atoms with van der Waals surface area (Å²) in [5.74, 6) is 8.11. The maximum Gasteiger partial charge on any atom is 0.407 e. The van der Waals surface area contributed by atoms with Crippen LogP contribution in [0.5, 0.6) is 5.75 Å². The van der Waals surface area contributed by atoms with Crippen molar-refractivity contribution in [2.45, 2.75) is 77.2 Å². The smallest absolute Gasteiger partial charge is 0.407 e. The molecule has 3 amide bonds. The lowest BCUT2D eigenvalue weighted by atomic mass is 10.0. The van der Waals surface area contributed by atoms with Gasteiger partial charge in [-0.1, -0.05) is 69.9 Å². The molecule has 0 aliphatic carbocycles. The number of H-pyrrole nitrogens is 2. The third-order valence-electron chi connectivity index (χ3n) is 11.0. The highest BCUT2D eigenvalue weighted by Gasteiger charge is 2.43. The Morgan fingerprint density at radius 3 is 2.36 bits per heavy atom. The zero-order chi connectivity index (χ0) is 43.0. The van der Waals surface area contributed by atoms with E-state index in [4.69, 9.17) is 19.3 Å². The van der Waals surface area contributed by atoms with Gasteiger partial charge in [0.15, 0.2) is 0 Å². The van der Waals surface area contributed by atoms with Gasteiger partial charge in [0.25, 0.3) is 0 Å². The Kier molecular flexibility index (Phi) is 13.3. The molecule has 2 aromatic heterocycles. The van der Waals surface area contributed by atoms with E-state index in [-0.39, 0.29) is 35.8 Å². The van der Waals surface area contributed by atoms with Crippen LogP contribution >= 0.6 is 0 Å². The van der Waals surface area contributed by atoms with Crippen molar-refractivity contribution in [3.8, 4) is 28.8 Å². The first-order valence-electron chi connectivity index (χ1n) is 20.6. The van der Waals surface area contributed by atoms with Crippen molar-refractivity contribution in [3.05, 3.63) is 102 Å². The molecule has 0 saturated carbocycles. The van der Waals surface area contributed by atoms with Gasteiger partial charge < -0.3 is 39.4 Å². The molecule has 2 aliphatic rings. The zero-order valence-electron chi connectivity index (χ0n) is 35.3. The van der Waals surface area contributed by atoms with Crippen LogP contribution in [0.25, 0.3) is 22.3 Å². The summed E-state index contributed by atoms with van der Waals surface area (Å²) in [6.07, 6.45) is 4.20. The number of nitrogens with one attached hydrogen (secondary N) is 3. The second kappa shape index (κ2) is 19.2. The van der Waals surface area contributed by atoms with Crippen LogP contribution in [0, 0.1) is 23.7 Å². The number of ether oxygens (including phenoxy) is 2. The van der Waals surface area contributed by atoms with Crippen molar-refractivity contribution < 1.29 is 33.6 Å². The van der Waals surface area contributed by atoms with Crippen LogP contribution in [0.4, 0.5) is 4.79 Å². The number of methoxy groups -OCH3 is 1. The molecular formula is C46H52N8O7. The number of nitrogens with zero attached hydrogens (tertiary/aromatic N) is 5. The van der Waals surface area contributed by atoms with E-state index >= 15 is 0 Å². The number of amides is 3. The summed E-state index contributed by atoms with van der Waals surface area (Å²) in [6.45, 7) is 8.63. The van der Waals surface area contributed by atoms with Crippen LogP contribution in [0.15, 0.2) is 84.0 Å². The summed E-state index contributed by atoms with van der Waals surface area (Å²) in [4.78, 5) is 73.7. The number of aromatic amines is 2. The molecular weight excluding hydrogens is 777 g/mol. The Balaban J connectivity index is 1.05. The van der Waals surface area contributed by atoms with Gasteiger partial charge >= 0.3 is 6.09 Å². The highest BCUT2D eigenvalue weighted by Crippen LogP contribution is 2.36. The van der Waals surface area contributed by atoms with Crippen LogP contribution < -0.4 is 10.1 Å². The number of likely N-dealkylation sites (tertiary alicyclic amines) is 2. The van der Waals surface area contributed by atoms with E-state index < -0.39 is 24.2 Å². The lowest BCUT2D eigenvalue weighted by Crippen LogP contribution is -2.51. The molecule has 4 heterocycles. The zero-order valence-corrected chi connectivity index (χ0v) is 35.3. The monoisotopic (exact) mass is 828 g/mol. The number of rotatable bonds is 13. The van der Waals surface area contributed by atoms with Gasteiger partial charge in [0.05, 0.1) is 55.8 Å². The summed E-state index contributed by atoms with van der Waals surface area (Å²) in [5.41, 5.74) is 4.96. The third-order valence-corrected chi connectivity index (χ3v) is 11.0. The molecule has 3 N–H and O–H groups in total. The number of alkyl carbamates (subject to hydrolysis) is 1. The molecule has 3 aromatic carbocycles. The quantitative estimate of drug-likeness (QED) is 0.0381. The summed E-state index contributed by atoms with van der Waals surface area (Å²) in [7, 11) is 2.66. The predicted octanol–water partition coefficient (Wildman–Crippen LogP) is 6.75. The predicted molar refractivity (Wildman–Crippen MR) is 229 cm³/mol. The highest BCUT2D eigenvalue weighted by atomic mass is 17.2. The van der Waals surface area contributed by atoms with Gasteiger partial charge in [-0.05, 0) is 72.7 Å². The van der Waals surface area contributed by atoms with Gasteiger partial charge in [-0.25, -0.2) is 19.8 Å². The van der Waals surface area contributed by atoms with E-state index in [1.54, 1.807) is 11.1 Å². The van der Waals surface area contributed by atoms with Crippen molar-refractivity contribution >= 4 is 35.3 Å². The highest BCUT2D eigenvalue weighted by molar-refractivity contribution is 5.87. The lowest BCUT2D eigenvalue weighted by molar-refractivity contribution is -0.188. The summed E-state index contributed by atoms with van der Waals surface area (Å²) in [6, 6.07) is 21.2. The molecule has 2 aliphatic heterocycles. The van der Waals surface area contributed by atoms with Gasteiger partial charge in [-0.3, -0.25) is 9.59 Å². The molecule has 0 spiro atoms. The van der Waals surface area contributed by atoms with Crippen molar-refractivity contribution in [1.82, 2.24) is 35.1 Å². The van der Waals surface area contributed by atoms with Crippen LogP contribution in [0.1, 0.15) is 81.8 Å². The molecule has 2 saturated heterocycles. The number of aliphatic imine (C=N–C) groups is 1. The third kappa shape index (κ3) is 9.87. The Labute approximate surface area is 355 Å². The van der Waals surface area contributed by atoms with Crippen molar-refractivity contribution in [2.75, 3.05) is 27.3 Å². The number of carbonyl (C=O) groups is 3. The van der Waals surface area contributed by atoms with Gasteiger partial charge in [0.2, 0.25) is 18.2 Å². The fraction of sp³-hybridized carbons (Fsp3) is 0.391. The summed E-state index contributed by atoms with van der Waals surface area (Å²) in [5, 5.41) is 2.72. The standard InChI is InChI=1S/C46H52N8O7/c1-28(2)40(48-27-60-59-6)44(55)53-22-10-13-38(53)42-47-25-37(51-42)32-19-16-30(17-20-32)14-15-31-18-21-35-36(23-31)50-43(49-35)39-24-34(61-33-11-8-7-9-12-33)26-54(39)45(56)41(29(3)4)52-46(57)58-5/h7-9,11-12,16-21,23,25,27-29,34,38-41H,10,13,22,24,26H2,1-6H3,(H,47,51)(H,49,50)(H,52,57)/b48-27-/t34-,38+,39+,40+,41+/m1/s1. The maximum absolute atomic E-state index is 14.1. The normalized spacial score (nSPS) is 18.7. The number of hydrogen-bond donors (Lipinski definition) is 3. The largest absolute Gasteiger partial charge is 0.488 e. The van der Waals surface area contributed by atoms with Gasteiger partial charge in [0, 0.05) is 24.1 Å². The maximum atomic E-state index is 14.1. The number of carbonyl (C=O) groups excluding carboxylic acids is 3. The van der Waals surface area contributed by atoms with Crippen LogP contribution in [-0.4, -0.2) is 99.5 Å². The Bertz CT molecular complexity index is 2400. The number of benzene rings is 3. The molecule has 15 heteroatoms. The minimum Gasteiger partial charge on any atom is -0.488 e. The molecule has 61 heavy (non-hydrogen) atoms. The van der Waals surface area contributed by atoms with E-state index in [0.29, 0.717) is 31.1 Å². The van der Waals surface area contributed by atoms with Crippen LogP contribution in [-0.2, 0) is 24.1 Å². The molecule has 5 aromatic rings. The fourth-order valence-electron chi connectivity index (χ4n) is 7.89. The lowest BCUT2D eigenvalue weighted by Gasteiger charge is -2.29. The van der Waals surface area contributed by atoms with Crippen molar-refractivity contribution in [3.63, 3.8) is 0 Å². The first-order chi connectivity index (χ1) is 29.5. The Morgan fingerprint density at radius 1 is 0.885 bits per heavy atom. The van der Waals surface area contributed by atoms with E-state index in [2.05, 4.69) is 42.0 Å². The molecule has 7 rings (SSSR count). The van der Waals surface area contributed by atoms with Crippen LogP contribution in [0.2, 0.25) is 0 Å². The molecule has 0 unspecified atom stereocenters. The Morgan fingerprint density at radius 2 is 1.64 bits per heavy atom. The second-order valence-corrected chi connectivity index (χ2v) is 15.9. The first kappa shape index (κ1) is 42.5. The molecule has 0 bridgehead atoms. The van der Waals surface area contributed by atoms with Gasteiger partial charge in [-0.2, -0.15) is 4.89 Å². The number of imidazole rings is 2. The summed E-state index contributed by atoms with van der Waals surface area (Å²) < 4.78 is 11.1. The van der Waals surface area contributed by atoms with E-state index in [1.165, 1.54) is 20.6 Å². The molecule has 318 valence electrons. The summed E-state index contributed by atoms with van der Waals surface area (Å²) >= 11 is 0. The van der Waals surface area contributed by atoms with Gasteiger partial charge in [0.1, 0.15) is 35.6 Å². The SMILES string of the molecule is COO/C=N\[C@H](C(=O)N1CCC[C@H]1c1ncc(-c2ccc(C#Cc3ccc4nc([C@@H]5C[C@@H](Oc6ccccc6)CN5C(=O)[C@@H](NC(=O)OC)C(C)C)[nH]c4c3)cc2)[nH]1)C(C)C. The number of fused-ring (bicyclic) bond motifs is 1. The number of hydrogen-bond acceptors (Lipinski definition) is 10. The fourth-order valence-corrected chi connectivity index (χ4v) is 7.89. The van der Waals surface area contributed by atoms with Gasteiger partial charge in [-0.15, -0.1) is 0 Å². The topological polar surface area (TPSA) is 176 Å². The molecule has 5 atom stereocenters. The molecule has 0 radical (unpaired) electrons. The minimum atomic E-state index is -0.797. The van der Waals surface area contributed by atoms with E-state index in [1.807, 2.05) is 105 Å². The van der Waals surface area contributed by atoms with Crippen LogP contribution in [0.3, 0.4) is 0 Å². The van der Waals surface area contributed by atoms with E-state index in [9.17, 15) is 14.4 Å². The molecule has 15 nitrogen and oxygen atoms in total. The number of para-hydroxylation sites is 1. The second-order valence-electron chi connectivity index (χ2n) is 15.9. The number of aromatic nitrogens is 4.